The molecule has 0 atom stereocenters. The van der Waals surface area contributed by atoms with Crippen LogP contribution in [-0.4, -0.2) is 17.2 Å². The van der Waals surface area contributed by atoms with Crippen LogP contribution in [-0.2, 0) is 22.7 Å². The Morgan fingerprint density at radius 2 is 0.514 bits per heavy atom. The van der Waals surface area contributed by atoms with E-state index in [-0.39, 0.29) is 12.8 Å². The number of fused-ring (bicyclic) bond motifs is 15. The van der Waals surface area contributed by atoms with Gasteiger partial charge < -0.3 is 14.9 Å². The van der Waals surface area contributed by atoms with Crippen molar-refractivity contribution in [2.75, 3.05) is 4.90 Å². The molecule has 10 heteroatoms. The SMILES string of the molecule is Brc1ccc2c(c1)-c1c(ccc3ccccc13)C2(c1ccccc1)c1ccccc1.C.CCCCC.Clc1cc(-c2ccc3c(c2)-c2c(ccc4ccccc24)C3(c2ccccc2)c2ccccc2)cc(N(c2ccccc2)c2ccccc2)c1.Clc1cc(Cl)cc(-c2ccc3c(c2)-c2c(ccc4ccccc24)C3(c2ccccc2)c2ccccc2)c1.OB(O)c1cc(Cl)cc(Cl)c1.c1ccc(Cc2ccccc2)cc1. The summed E-state index contributed by atoms with van der Waals surface area (Å²) in [6, 6.07) is 185. The van der Waals surface area contributed by atoms with Gasteiger partial charge in [0.1, 0.15) is 0 Å². The van der Waals surface area contributed by atoms with Crippen molar-refractivity contribution in [1.82, 2.24) is 0 Å². The Balaban J connectivity index is 0.000000123. The average molecular weight is 2050 g/mol. The van der Waals surface area contributed by atoms with Crippen LogP contribution in [0, 0.1) is 0 Å². The summed E-state index contributed by atoms with van der Waals surface area (Å²) in [4.78, 5) is 2.27. The van der Waals surface area contributed by atoms with Gasteiger partial charge in [-0.3, -0.25) is 0 Å². The highest BCUT2D eigenvalue weighted by Gasteiger charge is 2.50. The van der Waals surface area contributed by atoms with E-state index in [0.717, 1.165) is 50.2 Å². The first kappa shape index (κ1) is 100. The van der Waals surface area contributed by atoms with Gasteiger partial charge in [0.25, 0.3) is 0 Å². The third kappa shape index (κ3) is 20.0. The highest BCUT2D eigenvalue weighted by atomic mass is 79.9. The van der Waals surface area contributed by atoms with Gasteiger partial charge in [-0.25, -0.2) is 0 Å². The van der Waals surface area contributed by atoms with E-state index in [4.69, 9.17) is 68.1 Å². The first-order valence-electron chi connectivity index (χ1n) is 49.2. The third-order valence-corrected chi connectivity index (χ3v) is 29.5. The summed E-state index contributed by atoms with van der Waals surface area (Å²) in [6.45, 7) is 4.42. The van der Waals surface area contributed by atoms with Crippen LogP contribution in [0.4, 0.5) is 17.1 Å². The predicted octanol–water partition coefficient (Wildman–Crippen LogP) is 37.9. The molecule has 0 saturated carbocycles. The topological polar surface area (TPSA) is 43.7 Å². The minimum absolute atomic E-state index is 0. The Morgan fingerprint density at radius 3 is 0.829 bits per heavy atom. The first-order valence-corrected chi connectivity index (χ1v) is 51.9. The molecule has 22 aromatic rings. The zero-order valence-electron chi connectivity index (χ0n) is 80.2. The van der Waals surface area contributed by atoms with Gasteiger partial charge in [0.05, 0.1) is 16.2 Å². The maximum atomic E-state index is 8.71. The minimum atomic E-state index is -1.52. The van der Waals surface area contributed by atoms with E-state index in [2.05, 4.69) is 508 Å². The number of anilines is 3. The van der Waals surface area contributed by atoms with Crippen LogP contribution in [0.5, 0.6) is 0 Å². The summed E-state index contributed by atoms with van der Waals surface area (Å²) in [5.41, 5.74) is 32.5. The molecule has 0 aliphatic heterocycles. The highest BCUT2D eigenvalue weighted by Crippen LogP contribution is 2.63. The fourth-order valence-corrected chi connectivity index (χ4v) is 23.5. The Kier molecular flexibility index (Phi) is 31.1. The quantitative estimate of drug-likeness (QED) is 0.0948. The number of nitrogens with zero attached hydrogens (tertiary/aromatic N) is 1. The van der Waals surface area contributed by atoms with Crippen LogP contribution in [0.3, 0.4) is 0 Å². The van der Waals surface area contributed by atoms with Gasteiger partial charge in [0, 0.05) is 46.6 Å². The number of para-hydroxylation sites is 2. The molecule has 25 rings (SSSR count). The van der Waals surface area contributed by atoms with Gasteiger partial charge >= 0.3 is 7.12 Å². The molecule has 0 spiro atoms. The molecule has 3 aliphatic carbocycles. The van der Waals surface area contributed by atoms with Crippen molar-refractivity contribution in [3.05, 3.63) is 629 Å². The van der Waals surface area contributed by atoms with E-state index >= 15 is 0 Å². The molecule has 3 aliphatic rings. The molecule has 0 aromatic heterocycles. The Bertz CT molecular complexity index is 8060. The van der Waals surface area contributed by atoms with Gasteiger partial charge in [-0.2, -0.15) is 0 Å². The highest BCUT2D eigenvalue weighted by molar-refractivity contribution is 9.10. The van der Waals surface area contributed by atoms with Crippen LogP contribution in [0.2, 0.25) is 25.1 Å². The molecule has 22 aromatic carbocycles. The Hall–Kier alpha value is -14.7. The molecule has 712 valence electrons. The number of hydrogen-bond donors (Lipinski definition) is 2. The number of unbranched alkanes of at least 4 members (excludes halogenated alkanes) is 2. The van der Waals surface area contributed by atoms with E-state index in [1.54, 1.807) is 6.07 Å². The lowest BCUT2D eigenvalue weighted by molar-refractivity contribution is 0.426. The second-order valence-electron chi connectivity index (χ2n) is 36.7. The van der Waals surface area contributed by atoms with Crippen LogP contribution < -0.4 is 10.4 Å². The standard InChI is InChI=1S/C47H32ClN.C35H22Cl2.C29H19Br.C13H12.C6H5BCl2O2.C5H12.CH4/c48-38-29-35(30-41(32-38)49(39-20-9-3-10-21-39)40-22-11-4-12-23-40)34-26-27-44-43(31-34)46-42-24-14-13-15-33(42)25-28-45(46)47(44,36-16-5-1-6-17-36)37-18-7-2-8-19-37;36-28-19-25(20-29(37)22-28)24-16-17-32-31(21-24)34-30-14-8-7-9-23(30)15-18-33(34)35(32,26-10-3-1-4-11-26)27-12-5-2-6-13-27;30-23-16-18-26-25(19-23)28-24-14-8-7-9-20(24)15-17-27(28)29(26,21-10-3-1-4-11-21)22-12-5-2-6-13-22;1-3-7-12(8-4-1)11-13-9-5-2-6-10-13;8-5-1-4(7(10)11)2-6(9)3-5;1-3-5-4-2;/h1-32H;1-22H;1-19H;1-10H,11H2;1-3,10-11H;3-5H2,1-2H3;1H4. The van der Waals surface area contributed by atoms with Gasteiger partial charge in [-0.15, -0.1) is 0 Å². The summed E-state index contributed by atoms with van der Waals surface area (Å²) in [7, 11) is -1.52. The molecular formula is C136H106BBrCl5NO2. The molecule has 0 fully saturated rings. The first-order chi connectivity index (χ1) is 71.1. The molecule has 0 unspecified atom stereocenters. The molecule has 0 amide bonds. The molecular weight excluding hydrogens is 1950 g/mol. The van der Waals surface area contributed by atoms with E-state index in [1.807, 2.05) is 24.3 Å². The van der Waals surface area contributed by atoms with Crippen molar-refractivity contribution < 1.29 is 10.0 Å². The zero-order valence-corrected chi connectivity index (χ0v) is 85.5. The fraction of sp³-hybridized carbons (Fsp3) is 0.0735. The lowest BCUT2D eigenvalue weighted by atomic mass is 9.67. The second kappa shape index (κ2) is 45.3. The molecule has 0 saturated heterocycles. The van der Waals surface area contributed by atoms with Crippen molar-refractivity contribution in [1.29, 1.82) is 0 Å². The summed E-state index contributed by atoms with van der Waals surface area (Å²) in [5, 5.41) is 27.7. The van der Waals surface area contributed by atoms with Crippen LogP contribution in [0.25, 0.3) is 88.0 Å². The fourth-order valence-electron chi connectivity index (χ4n) is 21.8. The zero-order chi connectivity index (χ0) is 99.4. The van der Waals surface area contributed by atoms with Crippen molar-refractivity contribution in [2.24, 2.45) is 0 Å². The largest absolute Gasteiger partial charge is 0.488 e. The Labute approximate surface area is 891 Å². The van der Waals surface area contributed by atoms with Gasteiger partial charge in [0.2, 0.25) is 0 Å². The summed E-state index contributed by atoms with van der Waals surface area (Å²) in [5.74, 6) is 0. The van der Waals surface area contributed by atoms with E-state index in [0.29, 0.717) is 30.6 Å². The molecule has 3 nitrogen and oxygen atoms in total. The summed E-state index contributed by atoms with van der Waals surface area (Å²) < 4.78 is 1.11. The van der Waals surface area contributed by atoms with Crippen LogP contribution in [0.1, 0.15) is 118 Å². The number of benzene rings is 22. The Morgan fingerprint density at radius 1 is 0.247 bits per heavy atom. The van der Waals surface area contributed by atoms with Crippen molar-refractivity contribution in [2.45, 2.75) is 63.2 Å². The number of rotatable bonds is 16. The van der Waals surface area contributed by atoms with Crippen molar-refractivity contribution in [3.63, 3.8) is 0 Å². The van der Waals surface area contributed by atoms with E-state index in [9.17, 15) is 0 Å². The van der Waals surface area contributed by atoms with Gasteiger partial charge in [0.15, 0.2) is 0 Å². The maximum Gasteiger partial charge on any atom is 0.488 e. The van der Waals surface area contributed by atoms with Crippen molar-refractivity contribution in [3.8, 4) is 55.6 Å². The van der Waals surface area contributed by atoms with Gasteiger partial charge in [-0.05, 0) is 281 Å². The van der Waals surface area contributed by atoms with E-state index < -0.39 is 17.9 Å². The number of hydrogen-bond acceptors (Lipinski definition) is 3. The minimum Gasteiger partial charge on any atom is -0.423 e. The summed E-state index contributed by atoms with van der Waals surface area (Å²) in [6.07, 6.45) is 5.11. The molecule has 146 heavy (non-hydrogen) atoms. The molecule has 0 bridgehead atoms. The van der Waals surface area contributed by atoms with Crippen LogP contribution >= 0.6 is 73.9 Å². The molecule has 0 radical (unpaired) electrons. The second-order valence-corrected chi connectivity index (χ2v) is 39.8. The molecule has 2 N–H and O–H groups in total. The average Bonchev–Trinajstić information content (AvgIpc) is 1.53. The van der Waals surface area contributed by atoms with Crippen LogP contribution in [0.15, 0.2) is 526 Å². The molecule has 0 heterocycles. The monoisotopic (exact) mass is 2050 g/mol. The maximum absolute atomic E-state index is 8.71. The van der Waals surface area contributed by atoms with Crippen molar-refractivity contribution >= 4 is 136 Å². The summed E-state index contributed by atoms with van der Waals surface area (Å²) >= 11 is 34.7. The van der Waals surface area contributed by atoms with Gasteiger partial charge in [-0.1, -0.05) is 533 Å². The lowest BCUT2D eigenvalue weighted by Crippen LogP contribution is -2.29. The van der Waals surface area contributed by atoms with E-state index in [1.165, 1.54) is 181 Å². The normalized spacial score (nSPS) is 12.4. The smallest absolute Gasteiger partial charge is 0.423 e. The third-order valence-electron chi connectivity index (χ3n) is 28.0. The lowest BCUT2D eigenvalue weighted by Gasteiger charge is -2.34. The number of halogens is 6. The predicted molar refractivity (Wildman–Crippen MR) is 626 cm³/mol.